The van der Waals surface area contributed by atoms with Gasteiger partial charge in [-0.05, 0) is 48.9 Å². The lowest BCUT2D eigenvalue weighted by molar-refractivity contribution is 0.0851. The Kier molecular flexibility index (Phi) is 6.25. The molecule has 2 unspecified atom stereocenters. The number of hydrogen-bond acceptors (Lipinski definition) is 3. The minimum Gasteiger partial charge on any atom is -0.490 e. The van der Waals surface area contributed by atoms with Crippen LogP contribution in [0.15, 0.2) is 55.1 Å². The molecule has 2 atom stereocenters. The zero-order valence-electron chi connectivity index (χ0n) is 13.7. The average Bonchev–Trinajstić information content (AvgIpc) is 2.62. The second kappa shape index (κ2) is 8.39. The number of benzene rings is 2. The lowest BCUT2D eigenvalue weighted by Gasteiger charge is -2.21. The highest BCUT2D eigenvalue weighted by molar-refractivity contribution is 5.94. The van der Waals surface area contributed by atoms with Crippen molar-refractivity contribution in [3.63, 3.8) is 0 Å². The van der Waals surface area contributed by atoms with Crippen molar-refractivity contribution in [1.82, 2.24) is 5.32 Å². The monoisotopic (exact) mass is 347 g/mol. The van der Waals surface area contributed by atoms with Crippen LogP contribution < -0.4 is 10.1 Å². The number of aliphatic hydroxyl groups excluding tert-OH is 1. The van der Waals surface area contributed by atoms with Gasteiger partial charge in [-0.25, -0.2) is 8.78 Å². The minimum absolute atomic E-state index is 0.180. The van der Waals surface area contributed by atoms with E-state index in [4.69, 9.17) is 4.74 Å². The molecule has 0 aliphatic carbocycles. The van der Waals surface area contributed by atoms with Gasteiger partial charge in [0.05, 0.1) is 12.1 Å². The van der Waals surface area contributed by atoms with E-state index in [1.807, 2.05) is 0 Å². The van der Waals surface area contributed by atoms with E-state index in [9.17, 15) is 18.7 Å². The molecule has 2 rings (SSSR count). The summed E-state index contributed by atoms with van der Waals surface area (Å²) in [5.74, 6) is -1.84. The Labute approximate surface area is 144 Å². The summed E-state index contributed by atoms with van der Waals surface area (Å²) in [5.41, 5.74) is 0.565. The first-order valence-electron chi connectivity index (χ1n) is 7.70. The Hall–Kier alpha value is -2.73. The summed E-state index contributed by atoms with van der Waals surface area (Å²) < 4.78 is 31.6. The molecule has 0 aliphatic heterocycles. The largest absolute Gasteiger partial charge is 0.490 e. The van der Waals surface area contributed by atoms with Crippen LogP contribution in [0.3, 0.4) is 0 Å². The number of carbonyl (C=O) groups is 1. The maximum absolute atomic E-state index is 13.3. The van der Waals surface area contributed by atoms with Crippen LogP contribution in [0.1, 0.15) is 28.9 Å². The molecule has 0 fully saturated rings. The van der Waals surface area contributed by atoms with Gasteiger partial charge in [0.25, 0.3) is 5.91 Å². The third-order valence-corrected chi connectivity index (χ3v) is 3.60. The number of rotatable bonds is 7. The van der Waals surface area contributed by atoms with Gasteiger partial charge in [0.1, 0.15) is 12.4 Å². The molecule has 0 aliphatic rings. The predicted octanol–water partition coefficient (Wildman–Crippen LogP) is 3.38. The second-order valence-corrected chi connectivity index (χ2v) is 5.50. The summed E-state index contributed by atoms with van der Waals surface area (Å²) in [4.78, 5) is 12.2. The zero-order chi connectivity index (χ0) is 18.4. The van der Waals surface area contributed by atoms with E-state index < -0.39 is 29.7 Å². The summed E-state index contributed by atoms with van der Waals surface area (Å²) in [5, 5.41) is 12.8. The van der Waals surface area contributed by atoms with Crippen LogP contribution in [-0.4, -0.2) is 23.7 Å². The van der Waals surface area contributed by atoms with Crippen LogP contribution in [-0.2, 0) is 0 Å². The number of carbonyl (C=O) groups excluding carboxylic acids is 1. The number of nitrogens with one attached hydrogen (secondary N) is 1. The topological polar surface area (TPSA) is 58.6 Å². The van der Waals surface area contributed by atoms with Gasteiger partial charge in [-0.3, -0.25) is 4.79 Å². The van der Waals surface area contributed by atoms with E-state index in [1.54, 1.807) is 37.3 Å². The Bertz CT molecular complexity index is 747. The van der Waals surface area contributed by atoms with E-state index in [2.05, 4.69) is 11.9 Å². The average molecular weight is 347 g/mol. The highest BCUT2D eigenvalue weighted by Crippen LogP contribution is 2.20. The van der Waals surface area contributed by atoms with Gasteiger partial charge >= 0.3 is 0 Å². The zero-order valence-corrected chi connectivity index (χ0v) is 13.7. The van der Waals surface area contributed by atoms with Crippen molar-refractivity contribution in [1.29, 1.82) is 0 Å². The van der Waals surface area contributed by atoms with Crippen molar-refractivity contribution < 1.29 is 23.4 Å². The van der Waals surface area contributed by atoms with Crippen LogP contribution in [0, 0.1) is 11.6 Å². The molecule has 132 valence electrons. The van der Waals surface area contributed by atoms with Crippen molar-refractivity contribution in [2.45, 2.75) is 19.1 Å². The van der Waals surface area contributed by atoms with E-state index >= 15 is 0 Å². The summed E-state index contributed by atoms with van der Waals surface area (Å²) in [6, 6.07) is 8.89. The molecule has 2 N–H and O–H groups in total. The Morgan fingerprint density at radius 2 is 1.92 bits per heavy atom. The maximum atomic E-state index is 13.3. The minimum atomic E-state index is -1.17. The smallest absolute Gasteiger partial charge is 0.251 e. The Balaban J connectivity index is 2.00. The fourth-order valence-electron chi connectivity index (χ4n) is 2.21. The number of amides is 1. The molecule has 6 heteroatoms. The molecule has 2 aromatic carbocycles. The van der Waals surface area contributed by atoms with Gasteiger partial charge in [0, 0.05) is 5.56 Å². The lowest BCUT2D eigenvalue weighted by Crippen LogP contribution is -2.37. The molecule has 25 heavy (non-hydrogen) atoms. The number of ether oxygens (including phenoxy) is 1. The molecule has 0 heterocycles. The van der Waals surface area contributed by atoms with Crippen LogP contribution >= 0.6 is 0 Å². The van der Waals surface area contributed by atoms with Crippen molar-refractivity contribution in [3.05, 3.63) is 77.9 Å². The molecular formula is C19H19F2NO3. The summed E-state index contributed by atoms with van der Waals surface area (Å²) >= 11 is 0. The van der Waals surface area contributed by atoms with Crippen LogP contribution in [0.25, 0.3) is 0 Å². The molecule has 0 aromatic heterocycles. The molecule has 0 saturated heterocycles. The summed E-state index contributed by atoms with van der Waals surface area (Å²) in [7, 11) is 0. The van der Waals surface area contributed by atoms with Gasteiger partial charge in [-0.2, -0.15) is 0 Å². The standard InChI is InChI=1S/C19H19F2NO3/c1-3-10-25-15-7-4-13(5-8-15)19(24)22-12(2)18(23)14-6-9-16(20)17(21)11-14/h3-9,11-12,18,23H,1,10H2,2H3,(H,22,24). The number of halogens is 2. The van der Waals surface area contributed by atoms with Gasteiger partial charge < -0.3 is 15.2 Å². The van der Waals surface area contributed by atoms with E-state index in [0.29, 0.717) is 17.9 Å². The molecule has 0 bridgehead atoms. The maximum Gasteiger partial charge on any atom is 0.251 e. The molecule has 1 amide bonds. The van der Waals surface area contributed by atoms with E-state index in [-0.39, 0.29) is 5.56 Å². The fraction of sp³-hybridized carbons (Fsp3) is 0.211. The van der Waals surface area contributed by atoms with Crippen LogP contribution in [0.5, 0.6) is 5.75 Å². The summed E-state index contributed by atoms with van der Waals surface area (Å²) in [6.07, 6.45) is 0.441. The quantitative estimate of drug-likeness (QED) is 0.755. The SMILES string of the molecule is C=CCOc1ccc(C(=O)NC(C)C(O)c2ccc(F)c(F)c2)cc1. The first-order valence-corrected chi connectivity index (χ1v) is 7.70. The van der Waals surface area contributed by atoms with Crippen LogP contribution in [0.2, 0.25) is 0 Å². The number of hydrogen-bond donors (Lipinski definition) is 2. The lowest BCUT2D eigenvalue weighted by atomic mass is 10.0. The predicted molar refractivity (Wildman–Crippen MR) is 90.4 cm³/mol. The van der Waals surface area contributed by atoms with E-state index in [1.165, 1.54) is 6.07 Å². The molecule has 4 nitrogen and oxygen atoms in total. The molecule has 0 saturated carbocycles. The molecular weight excluding hydrogens is 328 g/mol. The van der Waals surface area contributed by atoms with Crippen molar-refractivity contribution in [2.75, 3.05) is 6.61 Å². The molecule has 0 radical (unpaired) electrons. The Morgan fingerprint density at radius 3 is 2.52 bits per heavy atom. The summed E-state index contributed by atoms with van der Waals surface area (Å²) in [6.45, 7) is 5.49. The van der Waals surface area contributed by atoms with Crippen molar-refractivity contribution in [3.8, 4) is 5.75 Å². The number of aliphatic hydroxyl groups is 1. The third kappa shape index (κ3) is 4.87. The third-order valence-electron chi connectivity index (χ3n) is 3.60. The van der Waals surface area contributed by atoms with Crippen LogP contribution in [0.4, 0.5) is 8.78 Å². The first-order chi connectivity index (χ1) is 11.9. The molecule has 2 aromatic rings. The van der Waals surface area contributed by atoms with Crippen molar-refractivity contribution in [2.24, 2.45) is 0 Å². The Morgan fingerprint density at radius 1 is 1.24 bits per heavy atom. The second-order valence-electron chi connectivity index (χ2n) is 5.50. The normalized spacial score (nSPS) is 13.0. The first kappa shape index (κ1) is 18.6. The van der Waals surface area contributed by atoms with Gasteiger partial charge in [0.2, 0.25) is 0 Å². The van der Waals surface area contributed by atoms with E-state index in [0.717, 1.165) is 12.1 Å². The fourth-order valence-corrected chi connectivity index (χ4v) is 2.21. The highest BCUT2D eigenvalue weighted by atomic mass is 19.2. The van der Waals surface area contributed by atoms with Gasteiger partial charge in [0.15, 0.2) is 11.6 Å². The highest BCUT2D eigenvalue weighted by Gasteiger charge is 2.20. The van der Waals surface area contributed by atoms with Gasteiger partial charge in [-0.15, -0.1) is 0 Å². The van der Waals surface area contributed by atoms with Crippen molar-refractivity contribution >= 4 is 5.91 Å². The van der Waals surface area contributed by atoms with Gasteiger partial charge in [-0.1, -0.05) is 18.7 Å². The molecule has 0 spiro atoms.